The number of carbonyl (C=O) groups excluding carboxylic acids is 1. The minimum Gasteiger partial charge on any atom is -0.465 e. The van der Waals surface area contributed by atoms with E-state index in [4.69, 9.17) is 33.6 Å². The fraction of sp³-hybridized carbons (Fsp3) is 0.250. The van der Waals surface area contributed by atoms with Crippen molar-refractivity contribution in [1.82, 2.24) is 10.2 Å². The molecule has 1 heterocycles. The van der Waals surface area contributed by atoms with Gasteiger partial charge in [0.15, 0.2) is 0 Å². The highest BCUT2D eigenvalue weighted by molar-refractivity contribution is 6.32. The quantitative estimate of drug-likeness (QED) is 0.640. The zero-order chi connectivity index (χ0) is 21.2. The van der Waals surface area contributed by atoms with Gasteiger partial charge in [-0.15, -0.1) is 11.6 Å². The molecule has 1 aliphatic rings. The maximum atomic E-state index is 12.2. The van der Waals surface area contributed by atoms with Crippen molar-refractivity contribution in [2.45, 2.75) is 11.9 Å². The number of nitriles is 1. The molecule has 0 aliphatic carbocycles. The van der Waals surface area contributed by atoms with Crippen molar-refractivity contribution in [2.24, 2.45) is 0 Å². The van der Waals surface area contributed by atoms with E-state index in [0.29, 0.717) is 23.7 Å². The van der Waals surface area contributed by atoms with Crippen molar-refractivity contribution in [3.05, 3.63) is 64.7 Å². The molecule has 7 nitrogen and oxygen atoms in total. The Morgan fingerprint density at radius 2 is 2.00 bits per heavy atom. The summed E-state index contributed by atoms with van der Waals surface area (Å²) in [5.74, 6) is 0.172. The van der Waals surface area contributed by atoms with E-state index in [1.807, 2.05) is 36.4 Å². The van der Waals surface area contributed by atoms with Crippen LogP contribution in [0.4, 0.5) is 10.5 Å². The average Bonchev–Trinajstić information content (AvgIpc) is 2.75. The molecule has 0 saturated carbocycles. The van der Waals surface area contributed by atoms with Gasteiger partial charge in [0.25, 0.3) is 0 Å². The van der Waals surface area contributed by atoms with Gasteiger partial charge in [-0.3, -0.25) is 9.69 Å². The Morgan fingerprint density at radius 3 is 2.55 bits per heavy atom. The number of amides is 2. The normalized spacial score (nSPS) is 15.5. The minimum absolute atomic E-state index is 0.229. The Bertz CT molecular complexity index is 887. The summed E-state index contributed by atoms with van der Waals surface area (Å²) in [5.41, 5.74) is 1.90. The van der Waals surface area contributed by atoms with Crippen LogP contribution in [0.15, 0.2) is 48.5 Å². The van der Waals surface area contributed by atoms with E-state index < -0.39 is 18.0 Å². The number of nitrogens with zero attached hydrogens (tertiary/aromatic N) is 2. The van der Waals surface area contributed by atoms with Crippen LogP contribution >= 0.6 is 23.2 Å². The Morgan fingerprint density at radius 1 is 1.28 bits per heavy atom. The summed E-state index contributed by atoms with van der Waals surface area (Å²) in [4.78, 5) is 24.4. The van der Waals surface area contributed by atoms with Crippen LogP contribution in [0.25, 0.3) is 0 Å². The van der Waals surface area contributed by atoms with Crippen LogP contribution < -0.4 is 10.6 Å². The molecule has 0 spiro atoms. The first-order valence-corrected chi connectivity index (χ1v) is 9.68. The van der Waals surface area contributed by atoms with E-state index in [9.17, 15) is 9.59 Å². The number of halogens is 2. The van der Waals surface area contributed by atoms with Gasteiger partial charge in [0, 0.05) is 31.2 Å². The molecule has 2 amide bonds. The molecule has 1 atom stereocenters. The Hall–Kier alpha value is -2.79. The molecule has 29 heavy (non-hydrogen) atoms. The number of alkyl halides is 1. The molecule has 1 aliphatic heterocycles. The maximum absolute atomic E-state index is 12.2. The van der Waals surface area contributed by atoms with Gasteiger partial charge in [0.2, 0.25) is 5.91 Å². The lowest BCUT2D eigenvalue weighted by atomic mass is 10.1. The molecular weight excluding hydrogens is 415 g/mol. The zero-order valence-electron chi connectivity index (χ0n) is 15.4. The molecule has 0 aromatic heterocycles. The molecule has 2 aromatic carbocycles. The van der Waals surface area contributed by atoms with Crippen molar-refractivity contribution in [1.29, 1.82) is 5.26 Å². The Balaban J connectivity index is 0.000000313. The summed E-state index contributed by atoms with van der Waals surface area (Å²) in [6.45, 7) is 1.02. The van der Waals surface area contributed by atoms with Crippen molar-refractivity contribution < 1.29 is 14.7 Å². The first-order valence-electron chi connectivity index (χ1n) is 8.77. The number of hydrogen-bond acceptors (Lipinski definition) is 4. The second-order valence-electron chi connectivity index (χ2n) is 6.11. The first kappa shape index (κ1) is 22.5. The first-order chi connectivity index (χ1) is 14.0. The van der Waals surface area contributed by atoms with Crippen LogP contribution in [0.5, 0.6) is 0 Å². The van der Waals surface area contributed by atoms with E-state index in [1.54, 1.807) is 6.07 Å². The number of rotatable bonds is 3. The van der Waals surface area contributed by atoms with Crippen LogP contribution in [0.3, 0.4) is 0 Å². The molecule has 9 heteroatoms. The van der Waals surface area contributed by atoms with Gasteiger partial charge in [-0.2, -0.15) is 5.26 Å². The van der Waals surface area contributed by atoms with Gasteiger partial charge in [-0.05, 0) is 23.8 Å². The smallest absolute Gasteiger partial charge is 0.408 e. The predicted octanol–water partition coefficient (Wildman–Crippen LogP) is 3.53. The monoisotopic (exact) mass is 434 g/mol. The van der Waals surface area contributed by atoms with Crippen LogP contribution in [0.2, 0.25) is 5.02 Å². The second kappa shape index (κ2) is 11.3. The van der Waals surface area contributed by atoms with E-state index >= 15 is 0 Å². The molecule has 1 fully saturated rings. The highest BCUT2D eigenvalue weighted by Crippen LogP contribution is 2.20. The Labute approximate surface area is 178 Å². The van der Waals surface area contributed by atoms with Gasteiger partial charge in [0.05, 0.1) is 10.6 Å². The van der Waals surface area contributed by atoms with Crippen molar-refractivity contribution in [2.75, 3.05) is 25.0 Å². The largest absolute Gasteiger partial charge is 0.465 e. The molecule has 152 valence electrons. The number of benzene rings is 2. The van der Waals surface area contributed by atoms with Gasteiger partial charge in [-0.1, -0.05) is 41.9 Å². The molecule has 2 aromatic rings. The van der Waals surface area contributed by atoms with Gasteiger partial charge in [0.1, 0.15) is 12.1 Å². The number of carbonyl (C=O) groups is 2. The summed E-state index contributed by atoms with van der Waals surface area (Å²) in [6.07, 6.45) is -1.13. The minimum atomic E-state index is -1.13. The number of carboxylic acid groups (broad SMARTS) is 1. The number of nitrogens with one attached hydrogen (secondary N) is 2. The second-order valence-corrected chi connectivity index (χ2v) is 6.79. The lowest BCUT2D eigenvalue weighted by Crippen LogP contribution is -2.58. The third kappa shape index (κ3) is 6.64. The zero-order valence-corrected chi connectivity index (χ0v) is 17.0. The van der Waals surface area contributed by atoms with Gasteiger partial charge < -0.3 is 15.7 Å². The molecule has 3 rings (SSSR count). The van der Waals surface area contributed by atoms with E-state index in [1.165, 1.54) is 17.7 Å². The van der Waals surface area contributed by atoms with E-state index in [0.717, 1.165) is 4.90 Å². The van der Waals surface area contributed by atoms with Gasteiger partial charge in [-0.25, -0.2) is 4.79 Å². The fourth-order valence-electron chi connectivity index (χ4n) is 2.64. The third-order valence-electron chi connectivity index (χ3n) is 4.15. The SMILES string of the molecule is ClCc1ccccc1.N#Cc1ccc(NC(=O)C2CNCCN2C(=O)O)cc1Cl. The molecule has 1 unspecified atom stereocenters. The van der Waals surface area contributed by atoms with Crippen molar-refractivity contribution >= 4 is 40.9 Å². The fourth-order valence-corrected chi connectivity index (χ4v) is 3.04. The summed E-state index contributed by atoms with van der Waals surface area (Å²) >= 11 is 11.4. The highest BCUT2D eigenvalue weighted by atomic mass is 35.5. The average molecular weight is 435 g/mol. The lowest BCUT2D eigenvalue weighted by molar-refractivity contribution is -0.121. The van der Waals surface area contributed by atoms with E-state index in [-0.39, 0.29) is 18.1 Å². The summed E-state index contributed by atoms with van der Waals surface area (Å²) < 4.78 is 0. The lowest BCUT2D eigenvalue weighted by Gasteiger charge is -2.32. The van der Waals surface area contributed by atoms with Crippen LogP contribution in [-0.2, 0) is 10.7 Å². The van der Waals surface area contributed by atoms with E-state index in [2.05, 4.69) is 10.6 Å². The third-order valence-corrected chi connectivity index (χ3v) is 4.77. The van der Waals surface area contributed by atoms with Crippen LogP contribution in [0, 0.1) is 11.3 Å². The van der Waals surface area contributed by atoms with Crippen molar-refractivity contribution in [3.8, 4) is 6.07 Å². The van der Waals surface area contributed by atoms with Crippen LogP contribution in [0.1, 0.15) is 11.1 Å². The molecule has 3 N–H and O–H groups in total. The van der Waals surface area contributed by atoms with Crippen LogP contribution in [-0.4, -0.2) is 47.7 Å². The highest BCUT2D eigenvalue weighted by Gasteiger charge is 2.32. The standard InChI is InChI=1S/C13H13ClN4O3.C7H7Cl/c14-10-5-9(2-1-8(10)6-15)17-12(19)11-7-16-3-4-18(11)13(20)21;8-6-7-4-2-1-3-5-7/h1-2,5,11,16H,3-4,7H2,(H,17,19)(H,20,21);1-5H,6H2. The summed E-state index contributed by atoms with van der Waals surface area (Å²) in [5, 5.41) is 23.7. The molecule has 1 saturated heterocycles. The molecular formula is C20H20Cl2N4O3. The number of piperazine rings is 1. The predicted molar refractivity (Wildman–Crippen MR) is 112 cm³/mol. The number of hydrogen-bond donors (Lipinski definition) is 3. The summed E-state index contributed by atoms with van der Waals surface area (Å²) in [6, 6.07) is 15.6. The molecule has 0 radical (unpaired) electrons. The Kier molecular flexibility index (Phi) is 8.74. The topological polar surface area (TPSA) is 105 Å². The van der Waals surface area contributed by atoms with Gasteiger partial charge >= 0.3 is 6.09 Å². The molecule has 0 bridgehead atoms. The summed E-state index contributed by atoms with van der Waals surface area (Å²) in [7, 11) is 0. The number of anilines is 1. The van der Waals surface area contributed by atoms with Crippen molar-refractivity contribution in [3.63, 3.8) is 0 Å². The maximum Gasteiger partial charge on any atom is 0.408 e.